The van der Waals surface area contributed by atoms with Crippen LogP contribution in [-0.4, -0.2) is 57.1 Å². The third-order valence-electron chi connectivity index (χ3n) is 6.69. The number of nitrogens with one attached hydrogen (secondary N) is 2. The van der Waals surface area contributed by atoms with Crippen molar-refractivity contribution >= 4 is 50.0 Å². The quantitative estimate of drug-likeness (QED) is 0.306. The Morgan fingerprint density at radius 3 is 2.82 bits per heavy atom. The van der Waals surface area contributed by atoms with E-state index in [9.17, 15) is 4.79 Å². The molecule has 1 fully saturated rings. The second-order valence-corrected chi connectivity index (χ2v) is 10.2. The highest BCUT2D eigenvalue weighted by molar-refractivity contribution is 7.22. The maximum Gasteiger partial charge on any atom is 0.257 e. The molecular formula is C29H23N7O2S. The number of ether oxygens (including phenoxy) is 1. The molecule has 0 radical (unpaired) electrons. The molecule has 5 aromatic heterocycles. The van der Waals surface area contributed by atoms with E-state index in [0.29, 0.717) is 30.3 Å². The number of aromatic amines is 1. The Bertz CT molecular complexity index is 1810. The number of carbonyl (C=O) groups excluding carboxylic acids is 1. The Hall–Kier alpha value is -4.67. The van der Waals surface area contributed by atoms with Gasteiger partial charge in [0.2, 0.25) is 0 Å². The Balaban J connectivity index is 1.31. The fraction of sp³-hybridized carbons (Fsp3) is 0.138. The van der Waals surface area contributed by atoms with E-state index in [0.717, 1.165) is 56.2 Å². The minimum Gasteiger partial charge on any atom is -0.378 e. The minimum atomic E-state index is -0.221. The van der Waals surface area contributed by atoms with E-state index in [-0.39, 0.29) is 5.91 Å². The minimum absolute atomic E-state index is 0.221. The first-order valence-corrected chi connectivity index (χ1v) is 13.4. The van der Waals surface area contributed by atoms with E-state index in [1.807, 2.05) is 48.8 Å². The molecule has 7 rings (SSSR count). The number of hydrogen-bond acceptors (Lipinski definition) is 8. The van der Waals surface area contributed by atoms with Crippen LogP contribution in [0.1, 0.15) is 10.4 Å². The first kappa shape index (κ1) is 23.4. The fourth-order valence-corrected chi connectivity index (χ4v) is 5.93. The van der Waals surface area contributed by atoms with Crippen molar-refractivity contribution < 1.29 is 9.53 Å². The maximum absolute atomic E-state index is 12.7. The zero-order chi connectivity index (χ0) is 26.2. The highest BCUT2D eigenvalue weighted by atomic mass is 32.1. The number of nitrogens with zero attached hydrogens (tertiary/aromatic N) is 5. The highest BCUT2D eigenvalue weighted by Gasteiger charge is 2.21. The largest absolute Gasteiger partial charge is 0.378 e. The van der Waals surface area contributed by atoms with Gasteiger partial charge in [-0.15, -0.1) is 11.3 Å². The van der Waals surface area contributed by atoms with Crippen LogP contribution in [0.5, 0.6) is 0 Å². The van der Waals surface area contributed by atoms with Crippen molar-refractivity contribution in [1.82, 2.24) is 24.9 Å². The molecule has 6 aromatic rings. The van der Waals surface area contributed by atoms with Gasteiger partial charge in [0, 0.05) is 65.0 Å². The standard InChI is InChI=1S/C29H23N7O2S/c37-29(19-4-2-8-30-17-19)33-20-5-1-3-18(15-20)26-34-23-16-24(21-6-9-31-27-22(21)7-10-32-27)39-25(23)28(35-26)36-11-13-38-14-12-36/h1-10,15-17H,11-14H2,(H,31,32)(H,33,37). The summed E-state index contributed by atoms with van der Waals surface area (Å²) in [6.45, 7) is 2.83. The lowest BCUT2D eigenvalue weighted by atomic mass is 10.1. The Morgan fingerprint density at radius 1 is 1.03 bits per heavy atom. The van der Waals surface area contributed by atoms with Crippen molar-refractivity contribution in [2.75, 3.05) is 36.5 Å². The molecule has 192 valence electrons. The van der Waals surface area contributed by atoms with Gasteiger partial charge in [0.1, 0.15) is 5.65 Å². The van der Waals surface area contributed by atoms with Gasteiger partial charge in [-0.2, -0.15) is 0 Å². The van der Waals surface area contributed by atoms with Gasteiger partial charge in [0.05, 0.1) is 29.0 Å². The Morgan fingerprint density at radius 2 is 1.95 bits per heavy atom. The lowest BCUT2D eigenvalue weighted by Crippen LogP contribution is -2.36. The number of amides is 1. The molecule has 1 saturated heterocycles. The number of hydrogen-bond donors (Lipinski definition) is 2. The van der Waals surface area contributed by atoms with Crippen molar-refractivity contribution in [3.63, 3.8) is 0 Å². The van der Waals surface area contributed by atoms with Gasteiger partial charge < -0.3 is 19.9 Å². The normalized spacial score (nSPS) is 13.7. The zero-order valence-corrected chi connectivity index (χ0v) is 21.6. The van der Waals surface area contributed by atoms with Crippen LogP contribution < -0.4 is 10.2 Å². The number of rotatable bonds is 5. The summed E-state index contributed by atoms with van der Waals surface area (Å²) >= 11 is 1.69. The third kappa shape index (κ3) is 4.49. The summed E-state index contributed by atoms with van der Waals surface area (Å²) in [7, 11) is 0. The van der Waals surface area contributed by atoms with Gasteiger partial charge in [-0.3, -0.25) is 9.78 Å². The van der Waals surface area contributed by atoms with Gasteiger partial charge in [-0.1, -0.05) is 12.1 Å². The maximum atomic E-state index is 12.7. The fourth-order valence-electron chi connectivity index (χ4n) is 4.78. The average Bonchev–Trinajstić information content (AvgIpc) is 3.65. The monoisotopic (exact) mass is 533 g/mol. The van der Waals surface area contributed by atoms with Gasteiger partial charge in [-0.25, -0.2) is 15.0 Å². The lowest BCUT2D eigenvalue weighted by molar-refractivity contribution is 0.102. The molecule has 10 heteroatoms. The first-order chi connectivity index (χ1) is 19.2. The molecule has 1 aliphatic rings. The predicted molar refractivity (Wildman–Crippen MR) is 153 cm³/mol. The van der Waals surface area contributed by atoms with Gasteiger partial charge in [0.15, 0.2) is 11.6 Å². The third-order valence-corrected chi connectivity index (χ3v) is 7.85. The second kappa shape index (κ2) is 9.90. The van der Waals surface area contributed by atoms with E-state index in [2.05, 4.69) is 31.2 Å². The van der Waals surface area contributed by atoms with Gasteiger partial charge in [-0.05, 0) is 42.5 Å². The van der Waals surface area contributed by atoms with Crippen LogP contribution in [0.25, 0.3) is 43.1 Å². The summed E-state index contributed by atoms with van der Waals surface area (Å²) in [5, 5.41) is 4.03. The van der Waals surface area contributed by atoms with Crippen LogP contribution in [0, 0.1) is 0 Å². The van der Waals surface area contributed by atoms with Crippen molar-refractivity contribution in [3.8, 4) is 21.8 Å². The average molecular weight is 534 g/mol. The molecule has 0 unspecified atom stereocenters. The van der Waals surface area contributed by atoms with Crippen molar-refractivity contribution in [2.24, 2.45) is 0 Å². The molecule has 0 bridgehead atoms. The zero-order valence-electron chi connectivity index (χ0n) is 20.8. The van der Waals surface area contributed by atoms with E-state index < -0.39 is 0 Å². The topological polar surface area (TPSA) is 109 Å². The number of fused-ring (bicyclic) bond motifs is 2. The number of H-pyrrole nitrogens is 1. The summed E-state index contributed by atoms with van der Waals surface area (Å²) < 4.78 is 6.65. The summed E-state index contributed by atoms with van der Waals surface area (Å²) in [4.78, 5) is 37.8. The number of thiophene rings is 1. The van der Waals surface area contributed by atoms with Crippen LogP contribution in [0.4, 0.5) is 11.5 Å². The summed E-state index contributed by atoms with van der Waals surface area (Å²) in [6, 6.07) is 17.3. The van der Waals surface area contributed by atoms with Crippen molar-refractivity contribution in [2.45, 2.75) is 0 Å². The predicted octanol–water partition coefficient (Wildman–Crippen LogP) is 5.39. The molecule has 1 amide bonds. The number of carbonyl (C=O) groups is 1. The molecule has 0 atom stereocenters. The molecule has 0 aliphatic carbocycles. The van der Waals surface area contributed by atoms with Crippen LogP contribution in [-0.2, 0) is 4.74 Å². The number of benzene rings is 1. The number of anilines is 2. The number of aromatic nitrogens is 5. The molecule has 0 spiro atoms. The number of pyridine rings is 2. The van der Waals surface area contributed by atoms with E-state index in [1.165, 1.54) is 0 Å². The van der Waals surface area contributed by atoms with Crippen LogP contribution in [0.3, 0.4) is 0 Å². The molecular weight excluding hydrogens is 510 g/mol. The van der Waals surface area contributed by atoms with Crippen LogP contribution in [0.15, 0.2) is 79.4 Å². The van der Waals surface area contributed by atoms with Crippen molar-refractivity contribution in [1.29, 1.82) is 0 Å². The summed E-state index contributed by atoms with van der Waals surface area (Å²) in [5.74, 6) is 1.28. The Kier molecular flexibility index (Phi) is 5.95. The molecule has 2 N–H and O–H groups in total. The smallest absolute Gasteiger partial charge is 0.257 e. The molecule has 1 aliphatic heterocycles. The van der Waals surface area contributed by atoms with Crippen LogP contribution in [0.2, 0.25) is 0 Å². The van der Waals surface area contributed by atoms with Crippen molar-refractivity contribution in [3.05, 3.63) is 84.9 Å². The Labute approximate surface area is 227 Å². The first-order valence-electron chi connectivity index (χ1n) is 12.6. The SMILES string of the molecule is O=C(Nc1cccc(-c2nc(N3CCOCC3)c3sc(-c4ccnc5[nH]ccc45)cc3n2)c1)c1cccnc1. The number of morpholine rings is 1. The molecule has 9 nitrogen and oxygen atoms in total. The van der Waals surface area contributed by atoms with Crippen LogP contribution >= 0.6 is 11.3 Å². The van der Waals surface area contributed by atoms with Gasteiger partial charge >= 0.3 is 0 Å². The highest BCUT2D eigenvalue weighted by Crippen LogP contribution is 2.40. The molecule has 39 heavy (non-hydrogen) atoms. The van der Waals surface area contributed by atoms with Gasteiger partial charge in [0.25, 0.3) is 5.91 Å². The lowest BCUT2D eigenvalue weighted by Gasteiger charge is -2.28. The molecule has 6 heterocycles. The summed E-state index contributed by atoms with van der Waals surface area (Å²) in [5.41, 5.74) is 4.82. The van der Waals surface area contributed by atoms with E-state index in [1.54, 1.807) is 35.9 Å². The van der Waals surface area contributed by atoms with E-state index in [4.69, 9.17) is 14.7 Å². The molecule has 1 aromatic carbocycles. The van der Waals surface area contributed by atoms with E-state index >= 15 is 0 Å². The molecule has 0 saturated carbocycles. The second-order valence-electron chi connectivity index (χ2n) is 9.17. The summed E-state index contributed by atoms with van der Waals surface area (Å²) in [6.07, 6.45) is 6.92.